The van der Waals surface area contributed by atoms with Gasteiger partial charge in [0, 0.05) is 0 Å². The van der Waals surface area contributed by atoms with Gasteiger partial charge in [-0.2, -0.15) is 0 Å². The molecule has 0 aliphatic heterocycles. The molecule has 0 saturated carbocycles. The van der Waals surface area contributed by atoms with Gasteiger partial charge < -0.3 is 20.5 Å². The molecule has 0 aliphatic rings. The van der Waals surface area contributed by atoms with E-state index in [1.54, 1.807) is 20.8 Å². The van der Waals surface area contributed by atoms with Crippen molar-refractivity contribution < 1.29 is 19.1 Å². The molecular formula is C13H26N2O4. The van der Waals surface area contributed by atoms with Crippen LogP contribution in [0, 0.1) is 5.92 Å². The lowest BCUT2D eigenvalue weighted by Gasteiger charge is -2.24. The Hall–Kier alpha value is -1.30. The third-order valence-electron chi connectivity index (χ3n) is 2.19. The Morgan fingerprint density at radius 3 is 2.26 bits per heavy atom. The molecule has 0 aromatic carbocycles. The van der Waals surface area contributed by atoms with E-state index in [0.717, 1.165) is 0 Å². The third-order valence-corrected chi connectivity index (χ3v) is 2.19. The van der Waals surface area contributed by atoms with Crippen LogP contribution in [0.15, 0.2) is 0 Å². The van der Waals surface area contributed by atoms with Crippen molar-refractivity contribution in [2.75, 3.05) is 13.2 Å². The van der Waals surface area contributed by atoms with Crippen molar-refractivity contribution in [3.63, 3.8) is 0 Å². The second kappa shape index (κ2) is 7.99. The van der Waals surface area contributed by atoms with E-state index in [4.69, 9.17) is 15.2 Å². The minimum absolute atomic E-state index is 0.0853. The molecular weight excluding hydrogens is 248 g/mol. The van der Waals surface area contributed by atoms with Gasteiger partial charge in [-0.1, -0.05) is 13.8 Å². The second-order valence-electron chi connectivity index (χ2n) is 5.68. The molecule has 0 rings (SSSR count). The van der Waals surface area contributed by atoms with Crippen LogP contribution in [0.25, 0.3) is 0 Å². The first-order chi connectivity index (χ1) is 8.67. The third kappa shape index (κ3) is 8.42. The van der Waals surface area contributed by atoms with Crippen molar-refractivity contribution in [1.82, 2.24) is 5.32 Å². The SMILES string of the molecule is CC(C)[C@H](NC(=O)OC(C)(C)C)C(=O)OCCCN. The maximum absolute atomic E-state index is 11.8. The molecule has 1 amide bonds. The van der Waals surface area contributed by atoms with E-state index in [-0.39, 0.29) is 12.5 Å². The quantitative estimate of drug-likeness (QED) is 0.565. The Bertz CT molecular complexity index is 298. The van der Waals surface area contributed by atoms with E-state index in [2.05, 4.69) is 5.32 Å². The molecule has 6 nitrogen and oxygen atoms in total. The fourth-order valence-corrected chi connectivity index (χ4v) is 1.28. The minimum Gasteiger partial charge on any atom is -0.464 e. The highest BCUT2D eigenvalue weighted by Crippen LogP contribution is 2.09. The van der Waals surface area contributed by atoms with Crippen molar-refractivity contribution in [1.29, 1.82) is 0 Å². The van der Waals surface area contributed by atoms with Gasteiger partial charge in [0.1, 0.15) is 11.6 Å². The fraction of sp³-hybridized carbons (Fsp3) is 0.846. The maximum Gasteiger partial charge on any atom is 0.408 e. The summed E-state index contributed by atoms with van der Waals surface area (Å²) in [6.07, 6.45) is -0.0230. The van der Waals surface area contributed by atoms with Gasteiger partial charge in [-0.25, -0.2) is 9.59 Å². The fourth-order valence-electron chi connectivity index (χ4n) is 1.28. The predicted octanol–water partition coefficient (Wildman–Crippen LogP) is 1.43. The van der Waals surface area contributed by atoms with Gasteiger partial charge >= 0.3 is 12.1 Å². The van der Waals surface area contributed by atoms with Crippen LogP contribution in [-0.2, 0) is 14.3 Å². The molecule has 1 atom stereocenters. The van der Waals surface area contributed by atoms with Crippen molar-refractivity contribution >= 4 is 12.1 Å². The zero-order chi connectivity index (χ0) is 15.1. The molecule has 0 radical (unpaired) electrons. The van der Waals surface area contributed by atoms with E-state index in [9.17, 15) is 9.59 Å². The van der Waals surface area contributed by atoms with Gasteiger partial charge in [-0.15, -0.1) is 0 Å². The van der Waals surface area contributed by atoms with E-state index >= 15 is 0 Å². The number of carbonyl (C=O) groups excluding carboxylic acids is 2. The van der Waals surface area contributed by atoms with Crippen molar-refractivity contribution in [2.24, 2.45) is 11.7 Å². The van der Waals surface area contributed by atoms with Crippen LogP contribution in [-0.4, -0.2) is 36.9 Å². The Morgan fingerprint density at radius 2 is 1.84 bits per heavy atom. The molecule has 0 saturated heterocycles. The summed E-state index contributed by atoms with van der Waals surface area (Å²) >= 11 is 0. The molecule has 112 valence electrons. The molecule has 0 unspecified atom stereocenters. The Morgan fingerprint density at radius 1 is 1.26 bits per heavy atom. The van der Waals surface area contributed by atoms with Crippen LogP contribution in [0.4, 0.5) is 4.79 Å². The van der Waals surface area contributed by atoms with E-state index in [1.807, 2.05) is 13.8 Å². The van der Waals surface area contributed by atoms with E-state index < -0.39 is 23.7 Å². The zero-order valence-electron chi connectivity index (χ0n) is 12.5. The Kier molecular flexibility index (Phi) is 7.44. The Balaban J connectivity index is 4.40. The molecule has 3 N–H and O–H groups in total. The lowest BCUT2D eigenvalue weighted by Crippen LogP contribution is -2.47. The minimum atomic E-state index is -0.715. The molecule has 0 spiro atoms. The summed E-state index contributed by atoms with van der Waals surface area (Å²) in [4.78, 5) is 23.5. The van der Waals surface area contributed by atoms with Gasteiger partial charge in [0.25, 0.3) is 0 Å². The van der Waals surface area contributed by atoms with Crippen molar-refractivity contribution in [3.05, 3.63) is 0 Å². The van der Waals surface area contributed by atoms with Gasteiger partial charge in [-0.3, -0.25) is 0 Å². The summed E-state index contributed by atoms with van der Waals surface area (Å²) in [6.45, 7) is 9.65. The topological polar surface area (TPSA) is 90.6 Å². The first kappa shape index (κ1) is 17.7. The number of carbonyl (C=O) groups is 2. The number of amides is 1. The number of hydrogen-bond acceptors (Lipinski definition) is 5. The van der Waals surface area contributed by atoms with Gasteiger partial charge in [0.05, 0.1) is 6.61 Å². The van der Waals surface area contributed by atoms with Crippen LogP contribution < -0.4 is 11.1 Å². The highest BCUT2D eigenvalue weighted by Gasteiger charge is 2.27. The van der Waals surface area contributed by atoms with Crippen molar-refractivity contribution in [2.45, 2.75) is 52.7 Å². The van der Waals surface area contributed by atoms with E-state index in [0.29, 0.717) is 13.0 Å². The highest BCUT2D eigenvalue weighted by atomic mass is 16.6. The van der Waals surface area contributed by atoms with Crippen LogP contribution in [0.5, 0.6) is 0 Å². The first-order valence-corrected chi connectivity index (χ1v) is 6.53. The van der Waals surface area contributed by atoms with Gasteiger partial charge in [0.15, 0.2) is 0 Å². The predicted molar refractivity (Wildman–Crippen MR) is 72.6 cm³/mol. The van der Waals surface area contributed by atoms with Gasteiger partial charge in [0.2, 0.25) is 0 Å². The van der Waals surface area contributed by atoms with Gasteiger partial charge in [-0.05, 0) is 39.7 Å². The summed E-state index contributed by atoms with van der Waals surface area (Å²) in [5.74, 6) is -0.549. The number of hydrogen-bond donors (Lipinski definition) is 2. The number of nitrogens with one attached hydrogen (secondary N) is 1. The molecule has 0 aromatic rings. The summed E-state index contributed by atoms with van der Waals surface area (Å²) in [6, 6.07) is -0.715. The average molecular weight is 274 g/mol. The molecule has 0 aromatic heterocycles. The normalized spacial score (nSPS) is 13.0. The standard InChI is InChI=1S/C13H26N2O4/c1-9(2)10(11(16)18-8-6-7-14)15-12(17)19-13(3,4)5/h9-10H,6-8,14H2,1-5H3,(H,15,17)/t10-/m0/s1. The summed E-state index contributed by atoms with van der Waals surface area (Å²) in [5.41, 5.74) is 4.72. The monoisotopic (exact) mass is 274 g/mol. The molecule has 0 bridgehead atoms. The zero-order valence-corrected chi connectivity index (χ0v) is 12.5. The van der Waals surface area contributed by atoms with Crippen LogP contribution in [0.1, 0.15) is 41.0 Å². The second-order valence-corrected chi connectivity index (χ2v) is 5.68. The molecule has 19 heavy (non-hydrogen) atoms. The Labute approximate surface area is 115 Å². The van der Waals surface area contributed by atoms with Crippen molar-refractivity contribution in [3.8, 4) is 0 Å². The molecule has 6 heteroatoms. The summed E-state index contributed by atoms with van der Waals surface area (Å²) in [7, 11) is 0. The summed E-state index contributed by atoms with van der Waals surface area (Å²) in [5, 5.41) is 2.53. The number of esters is 1. The number of rotatable bonds is 6. The van der Waals surface area contributed by atoms with Crippen LogP contribution in [0.3, 0.4) is 0 Å². The smallest absolute Gasteiger partial charge is 0.408 e. The average Bonchev–Trinajstić information content (AvgIpc) is 2.23. The lowest BCUT2D eigenvalue weighted by molar-refractivity contribution is -0.147. The molecule has 0 aliphatic carbocycles. The molecule has 0 heterocycles. The first-order valence-electron chi connectivity index (χ1n) is 6.53. The number of alkyl carbamates (subject to hydrolysis) is 1. The van der Waals surface area contributed by atoms with E-state index in [1.165, 1.54) is 0 Å². The largest absolute Gasteiger partial charge is 0.464 e. The number of nitrogens with two attached hydrogens (primary N) is 1. The lowest BCUT2D eigenvalue weighted by atomic mass is 10.1. The number of ether oxygens (including phenoxy) is 2. The summed E-state index contributed by atoms with van der Waals surface area (Å²) < 4.78 is 10.2. The van der Waals surface area contributed by atoms with Crippen LogP contribution >= 0.6 is 0 Å². The van der Waals surface area contributed by atoms with Crippen LogP contribution in [0.2, 0.25) is 0 Å². The maximum atomic E-state index is 11.8. The highest BCUT2D eigenvalue weighted by molar-refractivity contribution is 5.81. The molecule has 0 fully saturated rings.